The number of nitrogens with zero attached hydrogens (tertiary/aromatic N) is 1. The lowest BCUT2D eigenvalue weighted by atomic mass is 10.1. The lowest BCUT2D eigenvalue weighted by Gasteiger charge is -2.16. The molecule has 238 valence electrons. The van der Waals surface area contributed by atoms with Crippen LogP contribution in [0.4, 0.5) is 11.5 Å². The van der Waals surface area contributed by atoms with E-state index in [4.69, 9.17) is 8.94 Å². The minimum Gasteiger partial charge on any atom is -0.457 e. The van der Waals surface area contributed by atoms with Crippen LogP contribution in [0.15, 0.2) is 153 Å². The van der Waals surface area contributed by atoms with E-state index < -0.39 is 17.1 Å². The van der Waals surface area contributed by atoms with E-state index in [-0.39, 0.29) is 11.6 Å². The molecule has 0 spiro atoms. The average molecular weight is 655 g/mol. The normalized spacial score (nSPS) is 11.8. The molecule has 0 aliphatic carbocycles. The summed E-state index contributed by atoms with van der Waals surface area (Å²) in [7, 11) is 0. The molecule has 0 unspecified atom stereocenters. The van der Waals surface area contributed by atoms with Crippen molar-refractivity contribution in [1.29, 1.82) is 0 Å². The van der Waals surface area contributed by atoms with E-state index in [2.05, 4.69) is 21.1 Å². The van der Waals surface area contributed by atoms with Crippen molar-refractivity contribution in [2.45, 2.75) is 17.1 Å². The predicted molar refractivity (Wildman–Crippen MR) is 186 cm³/mol. The monoisotopic (exact) mass is 654 g/mol. The van der Waals surface area contributed by atoms with Crippen molar-refractivity contribution >= 4 is 47.1 Å². The third-order valence-electron chi connectivity index (χ3n) is 7.09. The van der Waals surface area contributed by atoms with Crippen LogP contribution in [-0.4, -0.2) is 22.9 Å². The Kier molecular flexibility index (Phi) is 9.93. The zero-order valence-corrected chi connectivity index (χ0v) is 26.6. The third kappa shape index (κ3) is 8.17. The summed E-state index contributed by atoms with van der Waals surface area (Å²) in [6.45, 7) is 1.75. The molecule has 6 aromatic rings. The van der Waals surface area contributed by atoms with Crippen molar-refractivity contribution in [2.24, 2.45) is 0 Å². The molecule has 0 aliphatic rings. The van der Waals surface area contributed by atoms with Gasteiger partial charge in [0.25, 0.3) is 11.8 Å². The molecule has 2 aromatic heterocycles. The lowest BCUT2D eigenvalue weighted by molar-refractivity contribution is -0.116. The Hall–Kier alpha value is -6.13. The molecule has 6 rings (SSSR count). The van der Waals surface area contributed by atoms with Crippen LogP contribution in [0.2, 0.25) is 0 Å². The van der Waals surface area contributed by atoms with Crippen molar-refractivity contribution in [3.05, 3.63) is 162 Å². The second-order valence-electron chi connectivity index (χ2n) is 10.6. The maximum absolute atomic E-state index is 13.6. The first-order valence-corrected chi connectivity index (χ1v) is 15.9. The summed E-state index contributed by atoms with van der Waals surface area (Å²) >= 11 is 1.35. The van der Waals surface area contributed by atoms with Crippen molar-refractivity contribution in [2.75, 3.05) is 10.6 Å². The Morgan fingerprint density at radius 3 is 2.10 bits per heavy atom. The van der Waals surface area contributed by atoms with Crippen LogP contribution in [0.5, 0.6) is 0 Å². The van der Waals surface area contributed by atoms with Gasteiger partial charge in [-0.15, -0.1) is 11.8 Å². The summed E-state index contributed by atoms with van der Waals surface area (Å²) in [5.41, 5.74) is 2.59. The maximum atomic E-state index is 13.6. The Balaban J connectivity index is 1.19. The Labute approximate surface area is 281 Å². The van der Waals surface area contributed by atoms with E-state index in [1.807, 2.05) is 84.9 Å². The first-order valence-electron chi connectivity index (χ1n) is 15.0. The summed E-state index contributed by atoms with van der Waals surface area (Å²) in [5.74, 6) is 0.713. The first-order chi connectivity index (χ1) is 23.4. The van der Waals surface area contributed by atoms with Gasteiger partial charge in [-0.05, 0) is 61.0 Å². The summed E-state index contributed by atoms with van der Waals surface area (Å²) in [6, 6.07) is 39.9. The van der Waals surface area contributed by atoms with Gasteiger partial charge in [-0.2, -0.15) is 0 Å². The molecule has 0 fully saturated rings. The Morgan fingerprint density at radius 2 is 1.44 bits per heavy atom. The van der Waals surface area contributed by atoms with Crippen LogP contribution in [-0.2, 0) is 9.59 Å². The van der Waals surface area contributed by atoms with E-state index >= 15 is 0 Å². The van der Waals surface area contributed by atoms with E-state index in [9.17, 15) is 14.4 Å². The van der Waals surface area contributed by atoms with Crippen LogP contribution >= 0.6 is 11.8 Å². The molecule has 2 heterocycles. The number of hydrogen-bond acceptors (Lipinski definition) is 7. The van der Waals surface area contributed by atoms with E-state index in [0.29, 0.717) is 34.3 Å². The average Bonchev–Trinajstić information content (AvgIpc) is 3.77. The Bertz CT molecular complexity index is 2040. The zero-order chi connectivity index (χ0) is 33.3. The standard InChI is InChI=1S/C38H30N4O5S/c1-25-23-34(42-47-25)41-38(45)35(27-13-7-3-8-14-27)48-31-20-17-29(18-21-31)39-37(44)32(40-36(43)28-15-9-4-10-16-28)24-30-19-22-33(46-30)26-11-5-2-6-12-26/h2-24,35H,1H3,(H,39,44)(H,40,43)(H,41,42,45)/b32-24-/t35-/m1/s1. The fourth-order valence-corrected chi connectivity index (χ4v) is 5.77. The fourth-order valence-electron chi connectivity index (χ4n) is 4.74. The number of aromatic nitrogens is 1. The van der Waals surface area contributed by atoms with Gasteiger partial charge in [0.1, 0.15) is 28.2 Å². The molecular formula is C38H30N4O5S. The van der Waals surface area contributed by atoms with Gasteiger partial charge in [-0.25, -0.2) is 0 Å². The zero-order valence-electron chi connectivity index (χ0n) is 25.8. The van der Waals surface area contributed by atoms with E-state index in [0.717, 1.165) is 16.0 Å². The largest absolute Gasteiger partial charge is 0.457 e. The molecule has 0 saturated carbocycles. The van der Waals surface area contributed by atoms with Gasteiger partial charge in [0, 0.05) is 33.9 Å². The van der Waals surface area contributed by atoms with Gasteiger partial charge in [-0.3, -0.25) is 14.4 Å². The number of hydrogen-bond donors (Lipinski definition) is 3. The molecular weight excluding hydrogens is 625 g/mol. The topological polar surface area (TPSA) is 126 Å². The molecule has 1 atom stereocenters. The second kappa shape index (κ2) is 15.0. The first kappa shape index (κ1) is 31.8. The minimum absolute atomic E-state index is 0.000159. The van der Waals surface area contributed by atoms with E-state index in [1.165, 1.54) is 17.8 Å². The highest BCUT2D eigenvalue weighted by atomic mass is 32.2. The number of aryl methyl sites for hydroxylation is 1. The van der Waals surface area contributed by atoms with Gasteiger partial charge in [0.05, 0.1) is 0 Å². The summed E-state index contributed by atoms with van der Waals surface area (Å²) in [5, 5.41) is 11.7. The molecule has 3 N–H and O–H groups in total. The summed E-state index contributed by atoms with van der Waals surface area (Å²) in [6.07, 6.45) is 1.49. The molecule has 0 saturated heterocycles. The van der Waals surface area contributed by atoms with Crippen LogP contribution < -0.4 is 16.0 Å². The molecule has 3 amide bonds. The highest BCUT2D eigenvalue weighted by Gasteiger charge is 2.23. The maximum Gasteiger partial charge on any atom is 0.272 e. The number of furan rings is 1. The van der Waals surface area contributed by atoms with Crippen LogP contribution in [0.3, 0.4) is 0 Å². The number of rotatable bonds is 11. The highest BCUT2D eigenvalue weighted by Crippen LogP contribution is 2.37. The van der Waals surface area contributed by atoms with Crippen LogP contribution in [0, 0.1) is 6.92 Å². The number of benzene rings is 4. The molecule has 0 bridgehead atoms. The van der Waals surface area contributed by atoms with Crippen molar-refractivity contribution in [1.82, 2.24) is 10.5 Å². The van der Waals surface area contributed by atoms with E-state index in [1.54, 1.807) is 55.5 Å². The number of thioether (sulfide) groups is 1. The van der Waals surface area contributed by atoms with Gasteiger partial charge < -0.3 is 24.9 Å². The lowest BCUT2D eigenvalue weighted by Crippen LogP contribution is -2.30. The minimum atomic E-state index is -0.583. The van der Waals surface area contributed by atoms with Crippen molar-refractivity contribution in [3.63, 3.8) is 0 Å². The SMILES string of the molecule is Cc1cc(NC(=O)[C@H](Sc2ccc(NC(=O)/C(=C/c3ccc(-c4ccccc4)o3)NC(=O)c3ccccc3)cc2)c2ccccc2)no1. The molecule has 0 radical (unpaired) electrons. The molecule has 0 aliphatic heterocycles. The molecule has 10 heteroatoms. The second-order valence-corrected chi connectivity index (χ2v) is 11.8. The summed E-state index contributed by atoms with van der Waals surface area (Å²) in [4.78, 5) is 40.7. The molecule has 48 heavy (non-hydrogen) atoms. The predicted octanol–water partition coefficient (Wildman–Crippen LogP) is 8.12. The number of anilines is 2. The number of carbonyl (C=O) groups excluding carboxylic acids is 3. The molecule has 9 nitrogen and oxygen atoms in total. The summed E-state index contributed by atoms with van der Waals surface area (Å²) < 4.78 is 11.1. The van der Waals surface area contributed by atoms with Crippen LogP contribution in [0.25, 0.3) is 17.4 Å². The van der Waals surface area contributed by atoms with Crippen molar-refractivity contribution < 1.29 is 23.3 Å². The molecule has 4 aromatic carbocycles. The quantitative estimate of drug-likeness (QED) is 0.0951. The van der Waals surface area contributed by atoms with Gasteiger partial charge >= 0.3 is 0 Å². The number of amides is 3. The number of nitrogens with one attached hydrogen (secondary N) is 3. The van der Waals surface area contributed by atoms with Gasteiger partial charge in [0.2, 0.25) is 5.91 Å². The fraction of sp³-hybridized carbons (Fsp3) is 0.0526. The van der Waals surface area contributed by atoms with Crippen LogP contribution in [0.1, 0.15) is 32.7 Å². The smallest absolute Gasteiger partial charge is 0.272 e. The number of carbonyl (C=O) groups is 3. The van der Waals surface area contributed by atoms with Gasteiger partial charge in [0.15, 0.2) is 5.82 Å². The third-order valence-corrected chi connectivity index (χ3v) is 8.35. The Morgan fingerprint density at radius 1 is 0.771 bits per heavy atom. The van der Waals surface area contributed by atoms with Crippen molar-refractivity contribution in [3.8, 4) is 11.3 Å². The highest BCUT2D eigenvalue weighted by molar-refractivity contribution is 8.00. The van der Waals surface area contributed by atoms with Gasteiger partial charge in [-0.1, -0.05) is 84.0 Å².